The SMILES string of the molecule is C/C(CCc1oc2ccc([N+](=O)[O-])cc2c1-c1ccc(C)o1)=N/O. The zero-order valence-electron chi connectivity index (χ0n) is 13.3. The summed E-state index contributed by atoms with van der Waals surface area (Å²) in [4.78, 5) is 10.6. The van der Waals surface area contributed by atoms with Crippen LogP contribution in [0.5, 0.6) is 0 Å². The van der Waals surface area contributed by atoms with Gasteiger partial charge < -0.3 is 14.0 Å². The first-order valence-corrected chi connectivity index (χ1v) is 7.43. The Hall–Kier alpha value is -3.09. The van der Waals surface area contributed by atoms with Crippen molar-refractivity contribution in [3.8, 4) is 11.3 Å². The highest BCUT2D eigenvalue weighted by Gasteiger charge is 2.21. The molecular weight excluding hydrogens is 312 g/mol. The first kappa shape index (κ1) is 15.8. The molecule has 3 aromatic rings. The standard InChI is InChI=1S/C17H16N2O5/c1-10(18-20)3-6-16-17(15-7-4-11(2)23-15)13-9-12(19(21)22)5-8-14(13)24-16/h4-5,7-9,20H,3,6H2,1-2H3/b18-10-. The van der Waals surface area contributed by atoms with Gasteiger partial charge in [0.05, 0.1) is 16.2 Å². The van der Waals surface area contributed by atoms with Gasteiger partial charge >= 0.3 is 0 Å². The highest BCUT2D eigenvalue weighted by Crippen LogP contribution is 2.38. The lowest BCUT2D eigenvalue weighted by atomic mass is 10.0. The van der Waals surface area contributed by atoms with Crippen LogP contribution in [0.4, 0.5) is 5.69 Å². The summed E-state index contributed by atoms with van der Waals surface area (Å²) in [6.45, 7) is 3.54. The van der Waals surface area contributed by atoms with E-state index in [4.69, 9.17) is 14.0 Å². The Morgan fingerprint density at radius 1 is 1.29 bits per heavy atom. The molecule has 0 fully saturated rings. The van der Waals surface area contributed by atoms with E-state index in [0.717, 1.165) is 5.76 Å². The van der Waals surface area contributed by atoms with Gasteiger partial charge in [-0.2, -0.15) is 0 Å². The van der Waals surface area contributed by atoms with Crippen LogP contribution in [-0.4, -0.2) is 15.8 Å². The summed E-state index contributed by atoms with van der Waals surface area (Å²) in [6, 6.07) is 8.13. The van der Waals surface area contributed by atoms with Gasteiger partial charge in [-0.3, -0.25) is 10.1 Å². The Bertz CT molecular complexity index is 936. The molecule has 0 saturated heterocycles. The number of benzene rings is 1. The molecule has 1 aromatic carbocycles. The highest BCUT2D eigenvalue weighted by atomic mass is 16.6. The minimum absolute atomic E-state index is 0.00696. The Kier molecular flexibility index (Phi) is 4.07. The Labute approximate surface area is 137 Å². The summed E-state index contributed by atoms with van der Waals surface area (Å²) in [5.74, 6) is 1.98. The molecule has 0 spiro atoms. The first-order valence-electron chi connectivity index (χ1n) is 7.43. The van der Waals surface area contributed by atoms with E-state index in [9.17, 15) is 10.1 Å². The zero-order valence-corrected chi connectivity index (χ0v) is 13.3. The maximum Gasteiger partial charge on any atom is 0.270 e. The third-order valence-electron chi connectivity index (χ3n) is 3.83. The van der Waals surface area contributed by atoms with Gasteiger partial charge in [0.25, 0.3) is 5.69 Å². The molecule has 0 bridgehead atoms. The van der Waals surface area contributed by atoms with Crippen LogP contribution in [0.3, 0.4) is 0 Å². The summed E-state index contributed by atoms with van der Waals surface area (Å²) in [5.41, 5.74) is 1.82. The Balaban J connectivity index is 2.17. The molecule has 7 heteroatoms. The minimum atomic E-state index is -0.439. The van der Waals surface area contributed by atoms with Crippen molar-refractivity contribution in [2.24, 2.45) is 5.16 Å². The molecule has 0 amide bonds. The van der Waals surface area contributed by atoms with Gasteiger partial charge in [-0.25, -0.2) is 0 Å². The highest BCUT2D eigenvalue weighted by molar-refractivity contribution is 5.96. The number of oxime groups is 1. The van der Waals surface area contributed by atoms with Gasteiger partial charge in [-0.15, -0.1) is 0 Å². The fourth-order valence-electron chi connectivity index (χ4n) is 2.61. The lowest BCUT2D eigenvalue weighted by Crippen LogP contribution is -1.95. The normalized spacial score (nSPS) is 12.0. The maximum atomic E-state index is 11.1. The van der Waals surface area contributed by atoms with Crippen LogP contribution in [0.25, 0.3) is 22.3 Å². The lowest BCUT2D eigenvalue weighted by molar-refractivity contribution is -0.384. The quantitative estimate of drug-likeness (QED) is 0.317. The Morgan fingerprint density at radius 2 is 2.08 bits per heavy atom. The second-order valence-corrected chi connectivity index (χ2v) is 5.58. The molecule has 24 heavy (non-hydrogen) atoms. The van der Waals surface area contributed by atoms with Crippen molar-refractivity contribution >= 4 is 22.4 Å². The summed E-state index contributed by atoms with van der Waals surface area (Å²) in [6.07, 6.45) is 0.999. The molecule has 7 nitrogen and oxygen atoms in total. The van der Waals surface area contributed by atoms with Gasteiger partial charge in [0.1, 0.15) is 22.9 Å². The zero-order chi connectivity index (χ0) is 17.3. The third kappa shape index (κ3) is 2.88. The molecule has 0 aliphatic heterocycles. The molecule has 0 atom stereocenters. The van der Waals surface area contributed by atoms with Crippen molar-refractivity contribution in [3.05, 3.63) is 52.0 Å². The predicted molar refractivity (Wildman–Crippen MR) is 88.5 cm³/mol. The number of aryl methyl sites for hydroxylation is 2. The largest absolute Gasteiger partial charge is 0.461 e. The molecule has 0 aliphatic carbocycles. The maximum absolute atomic E-state index is 11.1. The number of fused-ring (bicyclic) bond motifs is 1. The van der Waals surface area contributed by atoms with E-state index >= 15 is 0 Å². The number of nitro benzene ring substituents is 1. The van der Waals surface area contributed by atoms with Gasteiger partial charge in [-0.05, 0) is 38.5 Å². The van der Waals surface area contributed by atoms with E-state index in [1.807, 2.05) is 19.1 Å². The van der Waals surface area contributed by atoms with Crippen LogP contribution in [-0.2, 0) is 6.42 Å². The summed E-state index contributed by atoms with van der Waals surface area (Å²) < 4.78 is 11.6. The smallest absolute Gasteiger partial charge is 0.270 e. The Morgan fingerprint density at radius 3 is 2.71 bits per heavy atom. The molecule has 3 rings (SSSR count). The number of nitro groups is 1. The number of furan rings is 2. The van der Waals surface area contributed by atoms with Crippen LogP contribution in [0.1, 0.15) is 24.9 Å². The second-order valence-electron chi connectivity index (χ2n) is 5.58. The topological polar surface area (TPSA) is 102 Å². The molecular formula is C17H16N2O5. The molecule has 0 saturated carbocycles. The van der Waals surface area contributed by atoms with Crippen molar-refractivity contribution in [1.82, 2.24) is 0 Å². The number of non-ortho nitro benzene ring substituents is 1. The van der Waals surface area contributed by atoms with Crippen molar-refractivity contribution in [1.29, 1.82) is 0 Å². The van der Waals surface area contributed by atoms with Crippen LogP contribution in [0.15, 0.2) is 44.3 Å². The molecule has 1 N–H and O–H groups in total. The van der Waals surface area contributed by atoms with Gasteiger partial charge in [0.2, 0.25) is 0 Å². The monoisotopic (exact) mass is 328 g/mol. The second kappa shape index (κ2) is 6.19. The number of hydrogen-bond donors (Lipinski definition) is 1. The van der Waals surface area contributed by atoms with Crippen LogP contribution >= 0.6 is 0 Å². The number of hydrogen-bond acceptors (Lipinski definition) is 6. The average Bonchev–Trinajstić information content (AvgIpc) is 3.14. The van der Waals surface area contributed by atoms with Gasteiger partial charge in [0, 0.05) is 23.9 Å². The van der Waals surface area contributed by atoms with Crippen LogP contribution in [0, 0.1) is 17.0 Å². The molecule has 2 heterocycles. The average molecular weight is 328 g/mol. The molecule has 0 radical (unpaired) electrons. The van der Waals surface area contributed by atoms with E-state index in [0.29, 0.717) is 46.6 Å². The van der Waals surface area contributed by atoms with Crippen molar-refractivity contribution in [3.63, 3.8) is 0 Å². The molecule has 0 unspecified atom stereocenters. The van der Waals surface area contributed by atoms with Crippen molar-refractivity contribution in [2.45, 2.75) is 26.7 Å². The fraction of sp³-hybridized carbons (Fsp3) is 0.235. The molecule has 124 valence electrons. The summed E-state index contributed by atoms with van der Waals surface area (Å²) in [5, 5.41) is 23.7. The van der Waals surface area contributed by atoms with E-state index in [-0.39, 0.29) is 5.69 Å². The van der Waals surface area contributed by atoms with Gasteiger partial charge in [0.15, 0.2) is 0 Å². The van der Waals surface area contributed by atoms with Gasteiger partial charge in [-0.1, -0.05) is 5.16 Å². The predicted octanol–water partition coefficient (Wildman–Crippen LogP) is 4.69. The number of rotatable bonds is 5. The van der Waals surface area contributed by atoms with E-state index in [1.54, 1.807) is 13.0 Å². The lowest BCUT2D eigenvalue weighted by Gasteiger charge is -2.00. The summed E-state index contributed by atoms with van der Waals surface area (Å²) in [7, 11) is 0. The molecule has 0 aliphatic rings. The fourth-order valence-corrected chi connectivity index (χ4v) is 2.61. The molecule has 2 aromatic heterocycles. The third-order valence-corrected chi connectivity index (χ3v) is 3.83. The van der Waals surface area contributed by atoms with Crippen molar-refractivity contribution < 1.29 is 19.0 Å². The van der Waals surface area contributed by atoms with Crippen molar-refractivity contribution in [2.75, 3.05) is 0 Å². The minimum Gasteiger partial charge on any atom is -0.461 e. The van der Waals surface area contributed by atoms with E-state index in [1.165, 1.54) is 12.1 Å². The van der Waals surface area contributed by atoms with Crippen LogP contribution in [0.2, 0.25) is 0 Å². The summed E-state index contributed by atoms with van der Waals surface area (Å²) >= 11 is 0. The van der Waals surface area contributed by atoms with Crippen LogP contribution < -0.4 is 0 Å². The van der Waals surface area contributed by atoms with E-state index < -0.39 is 4.92 Å². The first-order chi connectivity index (χ1) is 11.5. The van der Waals surface area contributed by atoms with E-state index in [2.05, 4.69) is 5.16 Å². The number of nitrogens with zero attached hydrogens (tertiary/aromatic N) is 2.